The molecule has 26 heavy (non-hydrogen) atoms. The van der Waals surface area contributed by atoms with Gasteiger partial charge in [0.15, 0.2) is 11.6 Å². The van der Waals surface area contributed by atoms with Crippen LogP contribution < -0.4 is 9.47 Å². The van der Waals surface area contributed by atoms with Crippen molar-refractivity contribution in [1.82, 2.24) is 0 Å². The van der Waals surface area contributed by atoms with Crippen LogP contribution in [-0.2, 0) is 4.79 Å². The largest absolute Gasteiger partial charge is 0.491 e. The Bertz CT molecular complexity index is 819. The Morgan fingerprint density at radius 2 is 1.96 bits per heavy atom. The SMILES string of the molecule is CC(C)Oc1ccc(F)c(-c2ccc(OCC3CC3C(=O)O)c(F)c2)c1. The van der Waals surface area contributed by atoms with Gasteiger partial charge in [0, 0.05) is 11.5 Å². The molecule has 0 aliphatic heterocycles. The first-order valence-electron chi connectivity index (χ1n) is 8.47. The number of halogens is 2. The molecular weight excluding hydrogens is 342 g/mol. The topological polar surface area (TPSA) is 55.8 Å². The lowest BCUT2D eigenvalue weighted by Crippen LogP contribution is -2.07. The molecule has 0 bridgehead atoms. The van der Waals surface area contributed by atoms with E-state index in [1.54, 1.807) is 6.07 Å². The number of carbonyl (C=O) groups is 1. The fourth-order valence-electron chi connectivity index (χ4n) is 2.79. The van der Waals surface area contributed by atoms with Crippen molar-refractivity contribution in [3.8, 4) is 22.6 Å². The van der Waals surface area contributed by atoms with Crippen molar-refractivity contribution in [3.05, 3.63) is 48.0 Å². The summed E-state index contributed by atoms with van der Waals surface area (Å²) in [6.45, 7) is 3.88. The van der Waals surface area contributed by atoms with Gasteiger partial charge in [-0.15, -0.1) is 0 Å². The van der Waals surface area contributed by atoms with E-state index >= 15 is 0 Å². The summed E-state index contributed by atoms with van der Waals surface area (Å²) >= 11 is 0. The molecule has 1 aliphatic carbocycles. The summed E-state index contributed by atoms with van der Waals surface area (Å²) in [5, 5.41) is 8.87. The van der Waals surface area contributed by atoms with Crippen molar-refractivity contribution >= 4 is 5.97 Å². The number of aliphatic carboxylic acids is 1. The Labute approximate surface area is 150 Å². The van der Waals surface area contributed by atoms with E-state index in [0.29, 0.717) is 17.7 Å². The smallest absolute Gasteiger partial charge is 0.306 e. The molecule has 0 aromatic heterocycles. The molecule has 0 spiro atoms. The number of rotatable bonds is 7. The Hall–Kier alpha value is -2.63. The lowest BCUT2D eigenvalue weighted by molar-refractivity contribution is -0.138. The zero-order chi connectivity index (χ0) is 18.8. The maximum atomic E-state index is 14.3. The standard InChI is InChI=1S/C20H20F2O4/c1-11(2)26-14-4-5-17(21)15(9-14)12-3-6-19(18(22)8-12)25-10-13-7-16(13)20(23)24/h3-6,8-9,11,13,16H,7,10H2,1-2H3,(H,23,24). The van der Waals surface area contributed by atoms with Crippen molar-refractivity contribution in [2.45, 2.75) is 26.4 Å². The molecule has 1 fully saturated rings. The van der Waals surface area contributed by atoms with Gasteiger partial charge in [0.1, 0.15) is 11.6 Å². The zero-order valence-electron chi connectivity index (χ0n) is 14.5. The Morgan fingerprint density at radius 3 is 2.58 bits per heavy atom. The van der Waals surface area contributed by atoms with Crippen LogP contribution in [0.1, 0.15) is 20.3 Å². The van der Waals surface area contributed by atoms with E-state index in [4.69, 9.17) is 14.6 Å². The molecule has 1 saturated carbocycles. The maximum Gasteiger partial charge on any atom is 0.306 e. The molecule has 0 radical (unpaired) electrons. The van der Waals surface area contributed by atoms with Crippen molar-refractivity contribution in [2.24, 2.45) is 11.8 Å². The van der Waals surface area contributed by atoms with E-state index in [0.717, 1.165) is 0 Å². The zero-order valence-corrected chi connectivity index (χ0v) is 14.5. The van der Waals surface area contributed by atoms with Gasteiger partial charge in [-0.25, -0.2) is 8.78 Å². The van der Waals surface area contributed by atoms with Crippen LogP contribution in [0.3, 0.4) is 0 Å². The van der Waals surface area contributed by atoms with Gasteiger partial charge in [-0.3, -0.25) is 4.79 Å². The minimum absolute atomic E-state index is 0.0276. The average molecular weight is 362 g/mol. The molecule has 2 aromatic carbocycles. The predicted molar refractivity (Wildman–Crippen MR) is 92.3 cm³/mol. The van der Waals surface area contributed by atoms with Crippen LogP contribution in [0.4, 0.5) is 8.78 Å². The monoisotopic (exact) mass is 362 g/mol. The van der Waals surface area contributed by atoms with Gasteiger partial charge in [-0.1, -0.05) is 6.07 Å². The second-order valence-corrected chi connectivity index (χ2v) is 6.70. The summed E-state index contributed by atoms with van der Waals surface area (Å²) in [5.41, 5.74) is 0.609. The summed E-state index contributed by atoms with van der Waals surface area (Å²) < 4.78 is 39.4. The van der Waals surface area contributed by atoms with Crippen molar-refractivity contribution in [2.75, 3.05) is 6.61 Å². The molecule has 2 atom stereocenters. The first-order chi connectivity index (χ1) is 12.3. The van der Waals surface area contributed by atoms with E-state index in [2.05, 4.69) is 0 Å². The molecular formula is C20H20F2O4. The lowest BCUT2D eigenvalue weighted by Gasteiger charge is -2.13. The first-order valence-corrected chi connectivity index (χ1v) is 8.47. The molecule has 138 valence electrons. The van der Waals surface area contributed by atoms with Gasteiger partial charge < -0.3 is 14.6 Å². The van der Waals surface area contributed by atoms with Gasteiger partial charge in [0.2, 0.25) is 0 Å². The summed E-state index contributed by atoms with van der Waals surface area (Å²) in [4.78, 5) is 10.8. The first kappa shape index (κ1) is 18.2. The van der Waals surface area contributed by atoms with Gasteiger partial charge in [-0.2, -0.15) is 0 Å². The highest BCUT2D eigenvalue weighted by Gasteiger charge is 2.43. The molecule has 0 amide bonds. The van der Waals surface area contributed by atoms with Crippen molar-refractivity contribution < 1.29 is 28.2 Å². The highest BCUT2D eigenvalue weighted by molar-refractivity contribution is 5.73. The molecule has 2 aromatic rings. The highest BCUT2D eigenvalue weighted by Crippen LogP contribution is 2.39. The Morgan fingerprint density at radius 1 is 1.19 bits per heavy atom. The van der Waals surface area contributed by atoms with Crippen LogP contribution in [0.5, 0.6) is 11.5 Å². The molecule has 2 unspecified atom stereocenters. The number of ether oxygens (including phenoxy) is 2. The third-order valence-electron chi connectivity index (χ3n) is 4.25. The van der Waals surface area contributed by atoms with Crippen molar-refractivity contribution in [1.29, 1.82) is 0 Å². The van der Waals surface area contributed by atoms with Gasteiger partial charge >= 0.3 is 5.97 Å². The van der Waals surface area contributed by atoms with Gasteiger partial charge in [-0.05, 0) is 56.2 Å². The van der Waals surface area contributed by atoms with E-state index in [1.807, 2.05) is 13.8 Å². The highest BCUT2D eigenvalue weighted by atomic mass is 19.1. The summed E-state index contributed by atoms with van der Waals surface area (Å²) in [7, 11) is 0. The second-order valence-electron chi connectivity index (χ2n) is 6.70. The Balaban J connectivity index is 1.74. The van der Waals surface area contributed by atoms with Crippen LogP contribution in [-0.4, -0.2) is 23.8 Å². The fourth-order valence-corrected chi connectivity index (χ4v) is 2.79. The van der Waals surface area contributed by atoms with Crippen LogP contribution in [0.25, 0.3) is 11.1 Å². The van der Waals surface area contributed by atoms with Crippen LogP contribution in [0, 0.1) is 23.5 Å². The quantitative estimate of drug-likeness (QED) is 0.787. The minimum atomic E-state index is -0.853. The summed E-state index contributed by atoms with van der Waals surface area (Å²) in [5.74, 6) is -1.91. The van der Waals surface area contributed by atoms with Crippen LogP contribution in [0.2, 0.25) is 0 Å². The number of hydrogen-bond acceptors (Lipinski definition) is 3. The molecule has 1 N–H and O–H groups in total. The van der Waals surface area contributed by atoms with Gasteiger partial charge in [0.05, 0.1) is 18.6 Å². The molecule has 0 heterocycles. The second kappa shape index (κ2) is 7.32. The van der Waals surface area contributed by atoms with E-state index in [9.17, 15) is 13.6 Å². The summed E-state index contributed by atoms with van der Waals surface area (Å²) in [6, 6.07) is 8.55. The maximum absolute atomic E-state index is 14.3. The van der Waals surface area contributed by atoms with Crippen LogP contribution >= 0.6 is 0 Å². The third-order valence-corrected chi connectivity index (χ3v) is 4.25. The molecule has 4 nitrogen and oxygen atoms in total. The fraction of sp³-hybridized carbons (Fsp3) is 0.350. The van der Waals surface area contributed by atoms with Crippen molar-refractivity contribution in [3.63, 3.8) is 0 Å². The molecule has 1 aliphatic rings. The number of carboxylic acids is 1. The van der Waals surface area contributed by atoms with E-state index in [-0.39, 0.29) is 29.9 Å². The van der Waals surface area contributed by atoms with Gasteiger partial charge in [0.25, 0.3) is 0 Å². The number of benzene rings is 2. The molecule has 6 heteroatoms. The Kier molecular flexibility index (Phi) is 5.11. The normalized spacial score (nSPS) is 18.7. The molecule has 0 saturated heterocycles. The number of carboxylic acid groups (broad SMARTS) is 1. The predicted octanol–water partition coefficient (Wildman–Crippen LogP) is 4.52. The average Bonchev–Trinajstić information content (AvgIpc) is 3.35. The van der Waals surface area contributed by atoms with Crippen LogP contribution in [0.15, 0.2) is 36.4 Å². The number of hydrogen-bond donors (Lipinski definition) is 1. The third kappa shape index (κ3) is 4.12. The van der Waals surface area contributed by atoms with E-state index in [1.165, 1.54) is 30.3 Å². The summed E-state index contributed by atoms with van der Waals surface area (Å²) in [6.07, 6.45) is 0.487. The van der Waals surface area contributed by atoms with E-state index < -0.39 is 23.5 Å². The molecule has 3 rings (SSSR count). The minimum Gasteiger partial charge on any atom is -0.491 e. The lowest BCUT2D eigenvalue weighted by atomic mass is 10.0.